The van der Waals surface area contributed by atoms with Gasteiger partial charge in [-0.3, -0.25) is 0 Å². The standard InChI is InChI=1S/C35H37NO5Si.C31H29NO5Si/c1-26(23-27-5-9-29(10-6-27)30-11-7-28(24-36)8-12-30)21-22-39-32-17-19-34(20-18-32)41-35(37)31-13-15-33(16-14-31)40-25-42(3,4)38-2;1-34-38(2,3)22-36-29-14-12-27(13-15-29)31(33)37-30-18-16-28(17-19-30)35-21-24-6-10-26(11-7-24)25-8-4-23(20-32)5-9-25/h5-20,26H,21-23,25H2,1-4H3;4-19H,21-22H2,1-3H3. The molecule has 12 nitrogen and oxygen atoms in total. The number of hydrogen-bond acceptors (Lipinski definition) is 12. The van der Waals surface area contributed by atoms with Crippen molar-refractivity contribution in [2.75, 3.05) is 33.3 Å². The van der Waals surface area contributed by atoms with Crippen LogP contribution in [0.3, 0.4) is 0 Å². The molecule has 14 heteroatoms. The van der Waals surface area contributed by atoms with Crippen LogP contribution in [0.1, 0.15) is 56.3 Å². The molecule has 0 aliphatic rings. The maximum absolute atomic E-state index is 12.6. The van der Waals surface area contributed by atoms with Gasteiger partial charge in [0.15, 0.2) is 0 Å². The summed E-state index contributed by atoms with van der Waals surface area (Å²) in [7, 11) is -0.247. The highest BCUT2D eigenvalue weighted by Crippen LogP contribution is 2.26. The number of nitrogens with zero attached hydrogens (tertiary/aromatic N) is 2. The number of nitriles is 2. The highest BCUT2D eigenvalue weighted by atomic mass is 28.4. The van der Waals surface area contributed by atoms with Gasteiger partial charge in [0.2, 0.25) is 16.6 Å². The van der Waals surface area contributed by atoms with Gasteiger partial charge in [-0.15, -0.1) is 0 Å². The van der Waals surface area contributed by atoms with E-state index < -0.39 is 28.6 Å². The van der Waals surface area contributed by atoms with Gasteiger partial charge in [0.25, 0.3) is 0 Å². The summed E-state index contributed by atoms with van der Waals surface area (Å²) in [5, 5.41) is 17.9. The van der Waals surface area contributed by atoms with Crippen LogP contribution in [-0.2, 0) is 21.9 Å². The van der Waals surface area contributed by atoms with Crippen LogP contribution in [-0.4, -0.2) is 61.9 Å². The van der Waals surface area contributed by atoms with E-state index in [2.05, 4.69) is 69.5 Å². The molecule has 8 aromatic carbocycles. The van der Waals surface area contributed by atoms with E-state index in [1.807, 2.05) is 84.9 Å². The van der Waals surface area contributed by atoms with E-state index in [1.54, 1.807) is 99.1 Å². The smallest absolute Gasteiger partial charge is 0.343 e. The maximum atomic E-state index is 12.6. The second-order valence-electron chi connectivity index (χ2n) is 20.3. The Morgan fingerprint density at radius 2 is 0.750 bits per heavy atom. The zero-order valence-electron chi connectivity index (χ0n) is 46.3. The second kappa shape index (κ2) is 28.7. The Morgan fingerprint density at radius 3 is 1.12 bits per heavy atom. The van der Waals surface area contributed by atoms with Gasteiger partial charge < -0.3 is 37.3 Å². The third-order valence-electron chi connectivity index (χ3n) is 13.0. The SMILES string of the molecule is CO[Si](C)(C)COc1ccc(C(=O)Oc2ccc(OCCC(C)Cc3ccc(-c4ccc(C#N)cc4)cc3)cc2)cc1.CO[Si](C)(C)COc1ccc(C(=O)Oc2ccc(OCc3ccc(-c4ccc(C#N)cc4)cc3)cc2)cc1. The lowest BCUT2D eigenvalue weighted by Crippen LogP contribution is -2.37. The number of carbonyl (C=O) groups is 2. The van der Waals surface area contributed by atoms with Crippen LogP contribution in [0, 0.1) is 28.6 Å². The quantitative estimate of drug-likeness (QED) is 0.0340. The number of esters is 2. The van der Waals surface area contributed by atoms with Gasteiger partial charge in [0.1, 0.15) is 53.6 Å². The van der Waals surface area contributed by atoms with E-state index in [0.29, 0.717) is 82.6 Å². The van der Waals surface area contributed by atoms with Crippen LogP contribution in [0.15, 0.2) is 194 Å². The van der Waals surface area contributed by atoms with E-state index in [0.717, 1.165) is 46.4 Å². The van der Waals surface area contributed by atoms with Crippen molar-refractivity contribution in [1.82, 2.24) is 0 Å². The molecule has 1 unspecified atom stereocenters. The third-order valence-corrected chi connectivity index (χ3v) is 16.9. The van der Waals surface area contributed by atoms with Crippen LogP contribution in [0.2, 0.25) is 26.2 Å². The van der Waals surface area contributed by atoms with Crippen LogP contribution in [0.4, 0.5) is 0 Å². The Labute approximate surface area is 471 Å². The van der Waals surface area contributed by atoms with Crippen molar-refractivity contribution >= 4 is 28.6 Å². The molecular formula is C66H66N2O10Si2. The fourth-order valence-corrected chi connectivity index (χ4v) is 8.96. The first kappa shape index (κ1) is 58.9. The molecule has 8 aromatic rings. The largest absolute Gasteiger partial charge is 0.494 e. The molecular weight excluding hydrogens is 1040 g/mol. The fraction of sp³-hybridized carbons (Fsp3) is 0.212. The first-order chi connectivity index (χ1) is 38.6. The van der Waals surface area contributed by atoms with Crippen molar-refractivity contribution in [2.24, 2.45) is 5.92 Å². The van der Waals surface area contributed by atoms with Crippen molar-refractivity contribution < 1.29 is 46.9 Å². The molecule has 0 aliphatic carbocycles. The Morgan fingerprint density at radius 1 is 0.425 bits per heavy atom. The molecule has 0 fully saturated rings. The van der Waals surface area contributed by atoms with Gasteiger partial charge in [0.05, 0.1) is 41.0 Å². The highest BCUT2D eigenvalue weighted by Gasteiger charge is 2.23. The van der Waals surface area contributed by atoms with Crippen molar-refractivity contribution in [3.63, 3.8) is 0 Å². The Bertz CT molecular complexity index is 3320. The predicted molar refractivity (Wildman–Crippen MR) is 316 cm³/mol. The first-order valence-corrected chi connectivity index (χ1v) is 32.5. The minimum Gasteiger partial charge on any atom is -0.494 e. The van der Waals surface area contributed by atoms with E-state index in [9.17, 15) is 9.59 Å². The van der Waals surface area contributed by atoms with E-state index >= 15 is 0 Å². The normalized spacial score (nSPS) is 11.4. The summed E-state index contributed by atoms with van der Waals surface area (Å²) in [4.78, 5) is 25.1. The molecule has 8 rings (SSSR count). The van der Waals surface area contributed by atoms with Crippen molar-refractivity contribution in [1.29, 1.82) is 10.5 Å². The van der Waals surface area contributed by atoms with Gasteiger partial charge >= 0.3 is 11.9 Å². The lowest BCUT2D eigenvalue weighted by molar-refractivity contribution is 0.0725. The van der Waals surface area contributed by atoms with Gasteiger partial charge in [-0.1, -0.05) is 79.7 Å². The van der Waals surface area contributed by atoms with Crippen LogP contribution in [0.5, 0.6) is 34.5 Å². The summed E-state index contributed by atoms with van der Waals surface area (Å²) in [6.07, 6.45) is 2.95. The minimum atomic E-state index is -1.83. The van der Waals surface area contributed by atoms with Gasteiger partial charge in [0, 0.05) is 14.2 Å². The maximum Gasteiger partial charge on any atom is 0.343 e. The van der Waals surface area contributed by atoms with Crippen molar-refractivity contribution in [3.05, 3.63) is 228 Å². The number of benzene rings is 8. The summed E-state index contributed by atoms with van der Waals surface area (Å²) in [5.74, 6) is 3.25. The topological polar surface area (TPSA) is 156 Å². The van der Waals surface area contributed by atoms with Crippen molar-refractivity contribution in [3.8, 4) is 68.9 Å². The van der Waals surface area contributed by atoms with Crippen LogP contribution < -0.4 is 28.4 Å². The molecule has 0 amide bonds. The summed E-state index contributed by atoms with van der Waals surface area (Å²) in [6, 6.07) is 63.9. The molecule has 0 heterocycles. The molecule has 0 N–H and O–H groups in total. The third kappa shape index (κ3) is 18.4. The number of rotatable bonds is 23. The first-order valence-electron chi connectivity index (χ1n) is 26.2. The summed E-state index contributed by atoms with van der Waals surface area (Å²) in [6.45, 7) is 11.5. The summed E-state index contributed by atoms with van der Waals surface area (Å²) < 4.78 is 45.4. The van der Waals surface area contributed by atoms with Gasteiger partial charge in [-0.05, 0) is 200 Å². The zero-order valence-corrected chi connectivity index (χ0v) is 48.3. The molecule has 0 spiro atoms. The lowest BCUT2D eigenvalue weighted by Gasteiger charge is -2.20. The number of ether oxygens (including phenoxy) is 6. The Balaban J connectivity index is 0.000000232. The number of carbonyl (C=O) groups excluding carboxylic acids is 2. The molecule has 0 bridgehead atoms. The molecule has 0 saturated heterocycles. The van der Waals surface area contributed by atoms with Crippen molar-refractivity contribution in [2.45, 2.75) is 52.6 Å². The van der Waals surface area contributed by atoms with Crippen LogP contribution >= 0.6 is 0 Å². The Kier molecular flexibility index (Phi) is 21.2. The lowest BCUT2D eigenvalue weighted by atomic mass is 9.96. The van der Waals surface area contributed by atoms with E-state index in [-0.39, 0.29) is 0 Å². The predicted octanol–water partition coefficient (Wildman–Crippen LogP) is 14.7. The van der Waals surface area contributed by atoms with Gasteiger partial charge in [-0.2, -0.15) is 10.5 Å². The average Bonchev–Trinajstić information content (AvgIpc) is 3.49. The summed E-state index contributed by atoms with van der Waals surface area (Å²) in [5.41, 5.74) is 8.87. The van der Waals surface area contributed by atoms with Gasteiger partial charge in [-0.25, -0.2) is 9.59 Å². The molecule has 1 atom stereocenters. The molecule has 0 radical (unpaired) electrons. The highest BCUT2D eigenvalue weighted by molar-refractivity contribution is 6.71. The molecule has 0 aromatic heterocycles. The Hall–Kier alpha value is -8.77. The minimum absolute atomic E-state index is 0.408. The molecule has 80 heavy (non-hydrogen) atoms. The van der Waals surface area contributed by atoms with Crippen LogP contribution in [0.25, 0.3) is 22.3 Å². The van der Waals surface area contributed by atoms with E-state index in [1.165, 1.54) is 5.56 Å². The zero-order chi connectivity index (χ0) is 56.9. The second-order valence-corrected chi connectivity index (χ2v) is 28.7. The summed E-state index contributed by atoms with van der Waals surface area (Å²) >= 11 is 0. The van der Waals surface area contributed by atoms with E-state index in [4.69, 9.17) is 47.8 Å². The molecule has 0 saturated carbocycles. The average molecular weight is 1100 g/mol. The fourth-order valence-electron chi connectivity index (χ4n) is 7.70. The number of hydrogen-bond donors (Lipinski definition) is 0. The molecule has 408 valence electrons. The monoisotopic (exact) mass is 1100 g/mol. The molecule has 0 aliphatic heterocycles.